The SMILES string of the molecule is NC(=O)C=CCNCCCCCCO. The zero-order chi connectivity index (χ0) is 10.6. The van der Waals surface area contributed by atoms with Crippen molar-refractivity contribution in [3.63, 3.8) is 0 Å². The highest BCUT2D eigenvalue weighted by molar-refractivity contribution is 5.85. The van der Waals surface area contributed by atoms with Crippen LogP contribution in [-0.4, -0.2) is 30.7 Å². The lowest BCUT2D eigenvalue weighted by molar-refractivity contribution is -0.113. The summed E-state index contributed by atoms with van der Waals surface area (Å²) < 4.78 is 0. The Morgan fingerprint density at radius 1 is 1.29 bits per heavy atom. The number of rotatable bonds is 9. The minimum atomic E-state index is -0.408. The summed E-state index contributed by atoms with van der Waals surface area (Å²) in [5.74, 6) is -0.408. The fourth-order valence-corrected chi connectivity index (χ4v) is 1.08. The number of hydrogen-bond acceptors (Lipinski definition) is 3. The van der Waals surface area contributed by atoms with Crippen LogP contribution in [0.25, 0.3) is 0 Å². The van der Waals surface area contributed by atoms with E-state index in [1.165, 1.54) is 6.08 Å². The fourth-order valence-electron chi connectivity index (χ4n) is 1.08. The Bertz CT molecular complexity index is 170. The van der Waals surface area contributed by atoms with Crippen molar-refractivity contribution in [1.29, 1.82) is 0 Å². The van der Waals surface area contributed by atoms with Crippen molar-refractivity contribution in [2.75, 3.05) is 19.7 Å². The molecule has 0 radical (unpaired) electrons. The molecule has 0 spiro atoms. The minimum Gasteiger partial charge on any atom is -0.396 e. The number of amides is 1. The number of aliphatic hydroxyl groups is 1. The van der Waals surface area contributed by atoms with Crippen LogP contribution in [0.2, 0.25) is 0 Å². The Hall–Kier alpha value is -0.870. The maximum Gasteiger partial charge on any atom is 0.241 e. The van der Waals surface area contributed by atoms with Crippen LogP contribution < -0.4 is 11.1 Å². The topological polar surface area (TPSA) is 75.4 Å². The maximum absolute atomic E-state index is 10.3. The lowest BCUT2D eigenvalue weighted by Gasteiger charge is -2.00. The van der Waals surface area contributed by atoms with E-state index in [4.69, 9.17) is 10.8 Å². The van der Waals surface area contributed by atoms with E-state index in [2.05, 4.69) is 5.32 Å². The minimum absolute atomic E-state index is 0.286. The number of carbonyl (C=O) groups is 1. The summed E-state index contributed by atoms with van der Waals surface area (Å²) in [5.41, 5.74) is 4.91. The van der Waals surface area contributed by atoms with Crippen LogP contribution in [0.5, 0.6) is 0 Å². The van der Waals surface area contributed by atoms with Crippen LogP contribution in [-0.2, 0) is 4.79 Å². The Balaban J connectivity index is 3.02. The number of nitrogens with one attached hydrogen (secondary N) is 1. The van der Waals surface area contributed by atoms with Gasteiger partial charge in [0.25, 0.3) is 0 Å². The van der Waals surface area contributed by atoms with Gasteiger partial charge < -0.3 is 16.2 Å². The molecule has 0 aromatic carbocycles. The molecule has 4 heteroatoms. The molecule has 4 nitrogen and oxygen atoms in total. The largest absolute Gasteiger partial charge is 0.396 e. The molecule has 0 bridgehead atoms. The smallest absolute Gasteiger partial charge is 0.241 e. The number of hydrogen-bond donors (Lipinski definition) is 3. The van der Waals surface area contributed by atoms with Crippen molar-refractivity contribution >= 4 is 5.91 Å². The molecule has 0 aliphatic carbocycles. The van der Waals surface area contributed by atoms with Crippen molar-refractivity contribution in [2.24, 2.45) is 5.73 Å². The summed E-state index contributed by atoms with van der Waals surface area (Å²) >= 11 is 0. The molecule has 0 atom stereocenters. The van der Waals surface area contributed by atoms with E-state index in [1.807, 2.05) is 0 Å². The summed E-state index contributed by atoms with van der Waals surface area (Å²) in [7, 11) is 0. The molecule has 0 saturated heterocycles. The monoisotopic (exact) mass is 200 g/mol. The third-order valence-electron chi connectivity index (χ3n) is 1.81. The highest BCUT2D eigenvalue weighted by atomic mass is 16.2. The zero-order valence-corrected chi connectivity index (χ0v) is 8.54. The Morgan fingerprint density at radius 2 is 2.00 bits per heavy atom. The molecule has 0 heterocycles. The summed E-state index contributed by atoms with van der Waals surface area (Å²) in [6.45, 7) is 1.91. The molecule has 0 aromatic rings. The number of unbranched alkanes of at least 4 members (excludes halogenated alkanes) is 3. The normalized spacial score (nSPS) is 10.9. The lowest BCUT2D eigenvalue weighted by Crippen LogP contribution is -2.16. The molecule has 0 rings (SSSR count). The van der Waals surface area contributed by atoms with Crippen LogP contribution in [0.4, 0.5) is 0 Å². The Kier molecular flexibility index (Phi) is 9.58. The second-order valence-electron chi connectivity index (χ2n) is 3.15. The highest BCUT2D eigenvalue weighted by Gasteiger charge is 1.88. The summed E-state index contributed by atoms with van der Waals surface area (Å²) in [4.78, 5) is 10.3. The van der Waals surface area contributed by atoms with Crippen LogP contribution >= 0.6 is 0 Å². The van der Waals surface area contributed by atoms with Gasteiger partial charge in [-0.15, -0.1) is 0 Å². The highest BCUT2D eigenvalue weighted by Crippen LogP contribution is 1.97. The molecule has 82 valence electrons. The zero-order valence-electron chi connectivity index (χ0n) is 8.54. The first-order chi connectivity index (χ1) is 6.77. The molecule has 0 aromatic heterocycles. The van der Waals surface area contributed by atoms with Crippen molar-refractivity contribution < 1.29 is 9.90 Å². The fraction of sp³-hybridized carbons (Fsp3) is 0.700. The van der Waals surface area contributed by atoms with E-state index in [-0.39, 0.29) is 6.61 Å². The third-order valence-corrected chi connectivity index (χ3v) is 1.81. The number of carbonyl (C=O) groups excluding carboxylic acids is 1. The average Bonchev–Trinajstić information content (AvgIpc) is 2.15. The predicted octanol–water partition coefficient (Wildman–Crippen LogP) is 0.170. The summed E-state index contributed by atoms with van der Waals surface area (Å²) in [6.07, 6.45) is 7.28. The van der Waals surface area contributed by atoms with E-state index in [0.29, 0.717) is 6.54 Å². The van der Waals surface area contributed by atoms with E-state index >= 15 is 0 Å². The standard InChI is InChI=1S/C10H20N2O2/c11-10(14)6-5-8-12-7-3-1-2-4-9-13/h5-6,12-13H,1-4,7-9H2,(H2,11,14). The first-order valence-electron chi connectivity index (χ1n) is 5.05. The molecule has 0 aliphatic rings. The molecular formula is C10H20N2O2. The van der Waals surface area contributed by atoms with E-state index in [1.54, 1.807) is 6.08 Å². The molecule has 0 fully saturated rings. The van der Waals surface area contributed by atoms with Crippen LogP contribution in [0.15, 0.2) is 12.2 Å². The maximum atomic E-state index is 10.3. The van der Waals surface area contributed by atoms with Crippen LogP contribution in [0, 0.1) is 0 Å². The molecule has 0 unspecified atom stereocenters. The molecule has 14 heavy (non-hydrogen) atoms. The summed E-state index contributed by atoms with van der Waals surface area (Å²) in [6, 6.07) is 0. The molecule has 0 aliphatic heterocycles. The average molecular weight is 200 g/mol. The van der Waals surface area contributed by atoms with Crippen molar-refractivity contribution in [1.82, 2.24) is 5.32 Å². The van der Waals surface area contributed by atoms with Gasteiger partial charge in [0.15, 0.2) is 0 Å². The van der Waals surface area contributed by atoms with Gasteiger partial charge in [-0.2, -0.15) is 0 Å². The van der Waals surface area contributed by atoms with Crippen molar-refractivity contribution in [2.45, 2.75) is 25.7 Å². The molecule has 4 N–H and O–H groups in total. The predicted molar refractivity (Wildman–Crippen MR) is 56.8 cm³/mol. The van der Waals surface area contributed by atoms with Gasteiger partial charge in [-0.05, 0) is 25.5 Å². The van der Waals surface area contributed by atoms with Crippen molar-refractivity contribution in [3.8, 4) is 0 Å². The first kappa shape index (κ1) is 13.1. The van der Waals surface area contributed by atoms with Crippen LogP contribution in [0.3, 0.4) is 0 Å². The third kappa shape index (κ3) is 11.1. The number of nitrogens with two attached hydrogens (primary N) is 1. The second kappa shape index (κ2) is 10.2. The van der Waals surface area contributed by atoms with Gasteiger partial charge in [-0.3, -0.25) is 4.79 Å². The second-order valence-corrected chi connectivity index (χ2v) is 3.15. The van der Waals surface area contributed by atoms with Gasteiger partial charge in [0.1, 0.15) is 0 Å². The lowest BCUT2D eigenvalue weighted by atomic mass is 10.2. The summed E-state index contributed by atoms with van der Waals surface area (Å²) in [5, 5.41) is 11.7. The van der Waals surface area contributed by atoms with E-state index in [0.717, 1.165) is 32.2 Å². The van der Waals surface area contributed by atoms with Gasteiger partial charge in [0.05, 0.1) is 0 Å². The van der Waals surface area contributed by atoms with E-state index < -0.39 is 5.91 Å². The number of primary amides is 1. The van der Waals surface area contributed by atoms with E-state index in [9.17, 15) is 4.79 Å². The quantitative estimate of drug-likeness (QED) is 0.367. The molecule has 1 amide bonds. The van der Waals surface area contributed by atoms with Gasteiger partial charge in [-0.1, -0.05) is 18.9 Å². The van der Waals surface area contributed by atoms with Gasteiger partial charge >= 0.3 is 0 Å². The Morgan fingerprint density at radius 3 is 2.64 bits per heavy atom. The number of aliphatic hydroxyl groups excluding tert-OH is 1. The Labute approximate surface area is 85.2 Å². The van der Waals surface area contributed by atoms with Crippen molar-refractivity contribution in [3.05, 3.63) is 12.2 Å². The first-order valence-corrected chi connectivity index (χ1v) is 5.05. The van der Waals surface area contributed by atoms with Gasteiger partial charge in [-0.25, -0.2) is 0 Å². The van der Waals surface area contributed by atoms with Crippen LogP contribution in [0.1, 0.15) is 25.7 Å². The molecular weight excluding hydrogens is 180 g/mol. The molecule has 0 saturated carbocycles. The van der Waals surface area contributed by atoms with Gasteiger partial charge in [0, 0.05) is 13.2 Å². The van der Waals surface area contributed by atoms with Gasteiger partial charge in [0.2, 0.25) is 5.91 Å².